The molecule has 0 radical (unpaired) electrons. The molecule has 22 heavy (non-hydrogen) atoms. The van der Waals surface area contributed by atoms with Gasteiger partial charge in [0.25, 0.3) is 5.69 Å². The zero-order valence-electron chi connectivity index (χ0n) is 12.0. The number of hydrogen-bond acceptors (Lipinski definition) is 3. The first-order chi connectivity index (χ1) is 10.5. The topological polar surface area (TPSA) is 72.2 Å². The van der Waals surface area contributed by atoms with Crippen LogP contribution >= 0.6 is 0 Å². The third kappa shape index (κ3) is 3.88. The number of rotatable bonds is 5. The van der Waals surface area contributed by atoms with Crippen molar-refractivity contribution in [1.29, 1.82) is 0 Å². The number of nitro benzene ring substituents is 1. The Bertz CT molecular complexity index is 716. The lowest BCUT2D eigenvalue weighted by Gasteiger charge is -2.07. The van der Waals surface area contributed by atoms with E-state index in [4.69, 9.17) is 0 Å². The van der Waals surface area contributed by atoms with Crippen LogP contribution < -0.4 is 5.32 Å². The molecule has 2 aromatic carbocycles. The minimum absolute atomic E-state index is 0.00108. The van der Waals surface area contributed by atoms with Gasteiger partial charge in [0.2, 0.25) is 5.91 Å². The number of nitro groups is 1. The largest absolute Gasteiger partial charge is 0.326 e. The Balaban J connectivity index is 2.11. The van der Waals surface area contributed by atoms with E-state index in [1.807, 2.05) is 6.92 Å². The van der Waals surface area contributed by atoms with Gasteiger partial charge in [-0.15, -0.1) is 0 Å². The van der Waals surface area contributed by atoms with Crippen LogP contribution in [0.3, 0.4) is 0 Å². The molecule has 0 bridgehead atoms. The minimum atomic E-state index is -0.471. The summed E-state index contributed by atoms with van der Waals surface area (Å²) < 4.78 is 13.1. The predicted octanol–water partition coefficient (Wildman–Crippen LogP) is 3.48. The van der Waals surface area contributed by atoms with Crippen LogP contribution in [0.1, 0.15) is 18.1 Å². The maximum Gasteiger partial charge on any atom is 0.274 e. The van der Waals surface area contributed by atoms with Crippen molar-refractivity contribution in [3.63, 3.8) is 0 Å². The Hall–Kier alpha value is -2.76. The van der Waals surface area contributed by atoms with E-state index in [1.165, 1.54) is 24.3 Å². The number of nitrogens with zero attached hydrogens (tertiary/aromatic N) is 1. The summed E-state index contributed by atoms with van der Waals surface area (Å²) in [4.78, 5) is 22.5. The third-order valence-electron chi connectivity index (χ3n) is 3.20. The fourth-order valence-corrected chi connectivity index (χ4v) is 2.15. The molecule has 6 heteroatoms. The molecule has 1 amide bonds. The molecule has 0 fully saturated rings. The Labute approximate surface area is 126 Å². The zero-order chi connectivity index (χ0) is 16.1. The summed E-state index contributed by atoms with van der Waals surface area (Å²) >= 11 is 0. The van der Waals surface area contributed by atoms with E-state index in [2.05, 4.69) is 5.32 Å². The van der Waals surface area contributed by atoms with Crippen molar-refractivity contribution in [2.45, 2.75) is 19.8 Å². The SMILES string of the molecule is CCc1ccc(NC(=O)Cc2cccc(F)c2)cc1[N+](=O)[O-]. The number of hydrogen-bond donors (Lipinski definition) is 1. The molecule has 0 heterocycles. The quantitative estimate of drug-likeness (QED) is 0.679. The summed E-state index contributed by atoms with van der Waals surface area (Å²) in [5, 5.41) is 13.6. The Morgan fingerprint density at radius 1 is 1.27 bits per heavy atom. The smallest absolute Gasteiger partial charge is 0.274 e. The predicted molar refractivity (Wildman–Crippen MR) is 81.2 cm³/mol. The fourth-order valence-electron chi connectivity index (χ4n) is 2.15. The average molecular weight is 302 g/mol. The number of halogens is 1. The van der Waals surface area contributed by atoms with Gasteiger partial charge in [-0.3, -0.25) is 14.9 Å². The van der Waals surface area contributed by atoms with E-state index in [0.29, 0.717) is 23.2 Å². The molecule has 5 nitrogen and oxygen atoms in total. The number of aryl methyl sites for hydroxylation is 1. The Morgan fingerprint density at radius 2 is 2.05 bits per heavy atom. The molecular formula is C16H15FN2O3. The molecule has 0 aromatic heterocycles. The average Bonchev–Trinajstić information content (AvgIpc) is 2.47. The van der Waals surface area contributed by atoms with Crippen LogP contribution in [0.25, 0.3) is 0 Å². The van der Waals surface area contributed by atoms with Crippen LogP contribution in [0.4, 0.5) is 15.8 Å². The lowest BCUT2D eigenvalue weighted by Crippen LogP contribution is -2.14. The van der Waals surface area contributed by atoms with Crippen LogP contribution in [0.15, 0.2) is 42.5 Å². The van der Waals surface area contributed by atoms with Crippen molar-refractivity contribution < 1.29 is 14.1 Å². The van der Waals surface area contributed by atoms with Gasteiger partial charge in [0.15, 0.2) is 0 Å². The molecule has 0 aliphatic heterocycles. The maximum atomic E-state index is 13.1. The Morgan fingerprint density at radius 3 is 2.68 bits per heavy atom. The molecule has 0 aliphatic rings. The summed E-state index contributed by atoms with van der Waals surface area (Å²) in [6.07, 6.45) is 0.537. The van der Waals surface area contributed by atoms with Gasteiger partial charge in [-0.2, -0.15) is 0 Å². The first kappa shape index (κ1) is 15.6. The molecule has 1 N–H and O–H groups in total. The van der Waals surface area contributed by atoms with Crippen LogP contribution in [-0.2, 0) is 17.6 Å². The summed E-state index contributed by atoms with van der Waals surface area (Å²) in [5.74, 6) is -0.766. The molecule has 0 unspecified atom stereocenters. The van der Waals surface area contributed by atoms with Gasteiger partial charge in [0, 0.05) is 17.3 Å². The van der Waals surface area contributed by atoms with Gasteiger partial charge >= 0.3 is 0 Å². The highest BCUT2D eigenvalue weighted by molar-refractivity contribution is 5.92. The minimum Gasteiger partial charge on any atom is -0.326 e. The first-order valence-electron chi connectivity index (χ1n) is 6.81. The third-order valence-corrected chi connectivity index (χ3v) is 3.20. The first-order valence-corrected chi connectivity index (χ1v) is 6.81. The Kier molecular flexibility index (Phi) is 4.83. The molecule has 2 rings (SSSR count). The number of carbonyl (C=O) groups excluding carboxylic acids is 1. The normalized spacial score (nSPS) is 10.3. The van der Waals surface area contributed by atoms with Gasteiger partial charge in [0.05, 0.1) is 11.3 Å². The van der Waals surface area contributed by atoms with E-state index in [0.717, 1.165) is 0 Å². The number of carbonyl (C=O) groups is 1. The standard InChI is InChI=1S/C16H15FN2O3/c1-2-12-6-7-14(10-15(12)19(21)22)18-16(20)9-11-4-3-5-13(17)8-11/h3-8,10H,2,9H2,1H3,(H,18,20). The van der Waals surface area contributed by atoms with E-state index in [9.17, 15) is 19.3 Å². The van der Waals surface area contributed by atoms with E-state index < -0.39 is 10.7 Å². The molecule has 0 spiro atoms. The van der Waals surface area contributed by atoms with Gasteiger partial charge < -0.3 is 5.32 Å². The van der Waals surface area contributed by atoms with Crippen LogP contribution in [0, 0.1) is 15.9 Å². The molecular weight excluding hydrogens is 287 g/mol. The van der Waals surface area contributed by atoms with E-state index in [1.54, 1.807) is 18.2 Å². The number of benzene rings is 2. The summed E-state index contributed by atoms with van der Waals surface area (Å²) in [6.45, 7) is 1.82. The molecule has 114 valence electrons. The van der Waals surface area contributed by atoms with Gasteiger partial charge in [-0.25, -0.2) is 4.39 Å². The second-order valence-electron chi connectivity index (χ2n) is 4.81. The van der Waals surface area contributed by atoms with Crippen molar-refractivity contribution in [2.75, 3.05) is 5.32 Å². The van der Waals surface area contributed by atoms with E-state index in [-0.39, 0.29) is 18.0 Å². The van der Waals surface area contributed by atoms with Gasteiger partial charge in [0.1, 0.15) is 5.82 Å². The van der Waals surface area contributed by atoms with Crippen molar-refractivity contribution in [2.24, 2.45) is 0 Å². The van der Waals surface area contributed by atoms with Crippen molar-refractivity contribution in [1.82, 2.24) is 0 Å². The summed E-state index contributed by atoms with van der Waals surface area (Å²) in [5.41, 5.74) is 1.47. The van der Waals surface area contributed by atoms with Crippen molar-refractivity contribution >= 4 is 17.3 Å². The van der Waals surface area contributed by atoms with Crippen LogP contribution in [0.5, 0.6) is 0 Å². The second-order valence-corrected chi connectivity index (χ2v) is 4.81. The molecule has 0 atom stereocenters. The highest BCUT2D eigenvalue weighted by Crippen LogP contribution is 2.23. The molecule has 0 saturated heterocycles. The molecule has 2 aromatic rings. The highest BCUT2D eigenvalue weighted by atomic mass is 19.1. The zero-order valence-corrected chi connectivity index (χ0v) is 12.0. The van der Waals surface area contributed by atoms with Crippen molar-refractivity contribution in [3.8, 4) is 0 Å². The fraction of sp³-hybridized carbons (Fsp3) is 0.188. The number of amides is 1. The molecule has 0 saturated carbocycles. The van der Waals surface area contributed by atoms with Gasteiger partial charge in [-0.05, 0) is 30.2 Å². The monoisotopic (exact) mass is 302 g/mol. The molecule has 0 aliphatic carbocycles. The highest BCUT2D eigenvalue weighted by Gasteiger charge is 2.14. The number of anilines is 1. The van der Waals surface area contributed by atoms with Crippen LogP contribution in [0.2, 0.25) is 0 Å². The van der Waals surface area contributed by atoms with Crippen LogP contribution in [-0.4, -0.2) is 10.8 Å². The summed E-state index contributed by atoms with van der Waals surface area (Å²) in [6, 6.07) is 10.3. The lowest BCUT2D eigenvalue weighted by atomic mass is 10.1. The number of nitrogens with one attached hydrogen (secondary N) is 1. The van der Waals surface area contributed by atoms with Crippen molar-refractivity contribution in [3.05, 3.63) is 69.5 Å². The van der Waals surface area contributed by atoms with Gasteiger partial charge in [-0.1, -0.05) is 25.1 Å². The van der Waals surface area contributed by atoms with E-state index >= 15 is 0 Å². The summed E-state index contributed by atoms with van der Waals surface area (Å²) in [7, 11) is 0. The lowest BCUT2D eigenvalue weighted by molar-refractivity contribution is -0.385. The second kappa shape index (κ2) is 6.80. The maximum absolute atomic E-state index is 13.1.